The third-order valence-corrected chi connectivity index (χ3v) is 4.82. The summed E-state index contributed by atoms with van der Waals surface area (Å²) in [4.78, 5) is 26.8. The first-order chi connectivity index (χ1) is 10.0. The van der Waals surface area contributed by atoms with Gasteiger partial charge in [-0.1, -0.05) is 30.4 Å². The Bertz CT molecular complexity index is 670. The number of fused-ring (bicyclic) bond motifs is 5. The van der Waals surface area contributed by atoms with Crippen molar-refractivity contribution in [3.8, 4) is 0 Å². The van der Waals surface area contributed by atoms with Crippen molar-refractivity contribution in [1.82, 2.24) is 0 Å². The lowest BCUT2D eigenvalue weighted by Crippen LogP contribution is -2.43. The number of carbonyl (C=O) groups is 2. The van der Waals surface area contributed by atoms with E-state index in [1.165, 1.54) is 4.90 Å². The van der Waals surface area contributed by atoms with Crippen molar-refractivity contribution in [2.75, 3.05) is 11.5 Å². The maximum atomic E-state index is 12.8. The second kappa shape index (κ2) is 3.81. The van der Waals surface area contributed by atoms with Crippen LogP contribution < -0.4 is 4.90 Å². The number of rotatable bonds is 2. The van der Waals surface area contributed by atoms with Crippen molar-refractivity contribution >= 4 is 17.5 Å². The van der Waals surface area contributed by atoms with Crippen LogP contribution in [0, 0.1) is 11.8 Å². The Balaban J connectivity index is 1.83. The average molecular weight is 285 g/mol. The summed E-state index contributed by atoms with van der Waals surface area (Å²) >= 11 is 0. The molecule has 0 unspecified atom stereocenters. The predicted molar refractivity (Wildman–Crippen MR) is 74.4 cm³/mol. The fourth-order valence-corrected chi connectivity index (χ4v) is 3.87. The maximum Gasteiger partial charge on any atom is 0.241 e. The van der Waals surface area contributed by atoms with Crippen LogP contribution in [0.3, 0.4) is 0 Å². The van der Waals surface area contributed by atoms with Gasteiger partial charge in [0.05, 0.1) is 29.7 Å². The van der Waals surface area contributed by atoms with Gasteiger partial charge in [-0.25, -0.2) is 4.90 Å². The largest absolute Gasteiger partial charge is 0.393 e. The number of benzene rings is 1. The van der Waals surface area contributed by atoms with Crippen LogP contribution in [0.15, 0.2) is 42.5 Å². The summed E-state index contributed by atoms with van der Waals surface area (Å²) in [7, 11) is 0. The summed E-state index contributed by atoms with van der Waals surface area (Å²) in [5.41, 5.74) is -1.31. The molecule has 3 aliphatic rings. The van der Waals surface area contributed by atoms with Crippen molar-refractivity contribution in [3.63, 3.8) is 0 Å². The van der Waals surface area contributed by atoms with Crippen LogP contribution in [0.25, 0.3) is 0 Å². The van der Waals surface area contributed by atoms with E-state index in [0.29, 0.717) is 5.69 Å². The van der Waals surface area contributed by atoms with Crippen molar-refractivity contribution in [1.29, 1.82) is 0 Å². The summed E-state index contributed by atoms with van der Waals surface area (Å²) < 4.78 is 5.86. The Labute approximate surface area is 121 Å². The van der Waals surface area contributed by atoms with Gasteiger partial charge in [-0.3, -0.25) is 9.59 Å². The molecule has 21 heavy (non-hydrogen) atoms. The highest BCUT2D eigenvalue weighted by atomic mass is 16.5. The molecule has 3 aliphatic heterocycles. The van der Waals surface area contributed by atoms with E-state index >= 15 is 0 Å². The fraction of sp³-hybridized carbons (Fsp3) is 0.375. The first-order valence-corrected chi connectivity index (χ1v) is 6.97. The summed E-state index contributed by atoms with van der Waals surface area (Å²) in [5.74, 6) is -1.76. The average Bonchev–Trinajstić information content (AvgIpc) is 3.06. The number of hydrogen-bond donors (Lipinski definition) is 1. The van der Waals surface area contributed by atoms with Gasteiger partial charge in [0, 0.05) is 0 Å². The summed E-state index contributed by atoms with van der Waals surface area (Å²) in [6.07, 6.45) is 3.53. The molecule has 2 amide bonds. The number of nitrogens with zero attached hydrogens (tertiary/aromatic N) is 1. The smallest absolute Gasteiger partial charge is 0.241 e. The van der Waals surface area contributed by atoms with Gasteiger partial charge in [0.1, 0.15) is 5.60 Å². The number of amides is 2. The molecule has 2 bridgehead atoms. The molecule has 108 valence electrons. The third kappa shape index (κ3) is 1.37. The van der Waals surface area contributed by atoms with Gasteiger partial charge in [0.2, 0.25) is 11.8 Å². The molecule has 1 aromatic rings. The molecule has 5 nitrogen and oxygen atoms in total. The Morgan fingerprint density at radius 1 is 1.14 bits per heavy atom. The van der Waals surface area contributed by atoms with Gasteiger partial charge in [-0.05, 0) is 19.1 Å². The highest BCUT2D eigenvalue weighted by Crippen LogP contribution is 2.57. The number of carbonyl (C=O) groups excluding carboxylic acids is 2. The topological polar surface area (TPSA) is 66.8 Å². The zero-order valence-electron chi connectivity index (χ0n) is 11.5. The molecule has 5 heteroatoms. The zero-order valence-corrected chi connectivity index (χ0v) is 11.5. The molecule has 0 radical (unpaired) electrons. The number of aliphatic hydroxyl groups is 1. The molecule has 2 fully saturated rings. The van der Waals surface area contributed by atoms with E-state index in [4.69, 9.17) is 4.74 Å². The van der Waals surface area contributed by atoms with Gasteiger partial charge >= 0.3 is 0 Å². The standard InChI is InChI=1S/C16H15NO4/c1-15-7-8-16(9-18,21-15)12-11(15)13(19)17(14(12)20)10-5-3-2-4-6-10/h2-8,11-12,18H,9H2,1H3/t11-,12+,15-,16-/m1/s1. The van der Waals surface area contributed by atoms with Crippen LogP contribution in [0.1, 0.15) is 6.92 Å². The second-order valence-electron chi connectivity index (χ2n) is 6.04. The molecule has 3 heterocycles. The lowest BCUT2D eigenvalue weighted by molar-refractivity contribution is -0.131. The van der Waals surface area contributed by atoms with E-state index in [-0.39, 0.29) is 18.4 Å². The number of para-hydroxylation sites is 1. The molecular formula is C16H15NO4. The molecule has 4 rings (SSSR count). The highest BCUT2D eigenvalue weighted by Gasteiger charge is 2.72. The lowest BCUT2D eigenvalue weighted by atomic mass is 9.73. The lowest BCUT2D eigenvalue weighted by Gasteiger charge is -2.26. The monoisotopic (exact) mass is 285 g/mol. The van der Waals surface area contributed by atoms with E-state index in [1.807, 2.05) is 6.07 Å². The minimum absolute atomic E-state index is 0.252. The number of anilines is 1. The highest BCUT2D eigenvalue weighted by molar-refractivity contribution is 6.23. The van der Waals surface area contributed by atoms with Gasteiger partial charge in [0.25, 0.3) is 0 Å². The quantitative estimate of drug-likeness (QED) is 0.647. The predicted octanol–water partition coefficient (Wildman–Crippen LogP) is 0.882. The Morgan fingerprint density at radius 3 is 2.48 bits per heavy atom. The molecule has 1 aromatic carbocycles. The molecule has 2 saturated heterocycles. The van der Waals surface area contributed by atoms with Crippen molar-refractivity contribution in [2.45, 2.75) is 18.1 Å². The molecule has 0 aliphatic carbocycles. The van der Waals surface area contributed by atoms with E-state index < -0.39 is 23.0 Å². The second-order valence-corrected chi connectivity index (χ2v) is 6.04. The summed E-state index contributed by atoms with van der Waals surface area (Å²) in [6.45, 7) is 1.49. The van der Waals surface area contributed by atoms with Gasteiger partial charge in [-0.15, -0.1) is 0 Å². The summed E-state index contributed by atoms with van der Waals surface area (Å²) in [5, 5.41) is 9.71. The molecule has 1 N–H and O–H groups in total. The normalized spacial score (nSPS) is 40.2. The number of hydrogen-bond acceptors (Lipinski definition) is 4. The van der Waals surface area contributed by atoms with Crippen LogP contribution in [0.4, 0.5) is 5.69 Å². The number of aliphatic hydroxyl groups excluding tert-OH is 1. The zero-order chi connectivity index (χ0) is 14.8. The van der Waals surface area contributed by atoms with E-state index in [0.717, 1.165) is 0 Å². The SMILES string of the molecule is C[C@]12C=C[C@](CO)(O1)[C@@H]1C(=O)N(c3ccccc3)C(=O)[C@@H]12. The number of ether oxygens (including phenoxy) is 1. The van der Waals surface area contributed by atoms with E-state index in [2.05, 4.69) is 0 Å². The van der Waals surface area contributed by atoms with Crippen molar-refractivity contribution in [2.24, 2.45) is 11.8 Å². The van der Waals surface area contributed by atoms with E-state index in [1.54, 1.807) is 43.3 Å². The minimum Gasteiger partial charge on any atom is -0.393 e. The van der Waals surface area contributed by atoms with Gasteiger partial charge in [0.15, 0.2) is 0 Å². The van der Waals surface area contributed by atoms with E-state index in [9.17, 15) is 14.7 Å². The molecular weight excluding hydrogens is 270 g/mol. The fourth-order valence-electron chi connectivity index (χ4n) is 3.87. The maximum absolute atomic E-state index is 12.8. The van der Waals surface area contributed by atoms with Gasteiger partial charge < -0.3 is 9.84 Å². The van der Waals surface area contributed by atoms with Crippen molar-refractivity contribution in [3.05, 3.63) is 42.5 Å². The van der Waals surface area contributed by atoms with Crippen LogP contribution in [0.5, 0.6) is 0 Å². The molecule has 4 atom stereocenters. The molecule has 0 aromatic heterocycles. The van der Waals surface area contributed by atoms with Crippen LogP contribution in [-0.4, -0.2) is 34.7 Å². The van der Waals surface area contributed by atoms with Crippen molar-refractivity contribution < 1.29 is 19.4 Å². The first kappa shape index (κ1) is 12.7. The van der Waals surface area contributed by atoms with Crippen LogP contribution >= 0.6 is 0 Å². The summed E-state index contributed by atoms with van der Waals surface area (Å²) in [6, 6.07) is 8.88. The molecule has 0 spiro atoms. The molecule has 0 saturated carbocycles. The third-order valence-electron chi connectivity index (χ3n) is 4.82. The Morgan fingerprint density at radius 2 is 1.81 bits per heavy atom. The minimum atomic E-state index is -1.06. The Hall–Kier alpha value is -1.98. The van der Waals surface area contributed by atoms with Crippen LogP contribution in [0.2, 0.25) is 0 Å². The van der Waals surface area contributed by atoms with Crippen LogP contribution in [-0.2, 0) is 14.3 Å². The number of imide groups is 1. The first-order valence-electron chi connectivity index (χ1n) is 6.97. The Kier molecular flexibility index (Phi) is 2.31. The van der Waals surface area contributed by atoms with Gasteiger partial charge in [-0.2, -0.15) is 0 Å².